The molecule has 1 aromatic carbocycles. The second-order valence-corrected chi connectivity index (χ2v) is 5.71. The maximum Gasteiger partial charge on any atom is 0.110 e. The molecule has 1 aliphatic rings. The van der Waals surface area contributed by atoms with Gasteiger partial charge in [0.25, 0.3) is 0 Å². The predicted octanol–water partition coefficient (Wildman–Crippen LogP) is 4.12. The fourth-order valence-corrected chi connectivity index (χ4v) is 3.48. The number of halogens is 1. The van der Waals surface area contributed by atoms with Crippen LogP contribution in [0.25, 0.3) is 0 Å². The maximum atomic E-state index is 9.18. The minimum Gasteiger partial charge on any atom is -0.197 e. The first-order valence-electron chi connectivity index (χ1n) is 5.06. The third-order valence-electron chi connectivity index (χ3n) is 2.83. The first kappa shape index (κ1) is 10.9. The van der Waals surface area contributed by atoms with Gasteiger partial charge in [0.05, 0.1) is 6.07 Å². The number of hydrogen-bond donors (Lipinski definition) is 0. The molecule has 0 bridgehead atoms. The van der Waals surface area contributed by atoms with E-state index in [1.54, 1.807) is 11.8 Å². The third kappa shape index (κ3) is 2.14. The molecular formula is C12H12ClNS. The van der Waals surface area contributed by atoms with E-state index in [-0.39, 0.29) is 4.75 Å². The smallest absolute Gasteiger partial charge is 0.110 e. The van der Waals surface area contributed by atoms with Gasteiger partial charge < -0.3 is 0 Å². The molecule has 2 unspecified atom stereocenters. The van der Waals surface area contributed by atoms with Gasteiger partial charge in [0, 0.05) is 9.92 Å². The van der Waals surface area contributed by atoms with Crippen LogP contribution in [0.5, 0.6) is 0 Å². The predicted molar refractivity (Wildman–Crippen MR) is 64.1 cm³/mol. The molecule has 15 heavy (non-hydrogen) atoms. The zero-order chi connectivity index (χ0) is 10.9. The first-order chi connectivity index (χ1) is 7.20. The second-order valence-electron chi connectivity index (χ2n) is 3.87. The molecule has 1 nitrogen and oxygen atoms in total. The van der Waals surface area contributed by atoms with Crippen LogP contribution in [-0.2, 0) is 0 Å². The average Bonchev–Trinajstić information content (AvgIpc) is 2.92. The Bertz CT molecular complexity index is 412. The van der Waals surface area contributed by atoms with E-state index in [1.807, 2.05) is 24.3 Å². The highest BCUT2D eigenvalue weighted by Crippen LogP contribution is 2.57. The van der Waals surface area contributed by atoms with Gasteiger partial charge in [-0.15, -0.1) is 11.8 Å². The van der Waals surface area contributed by atoms with Gasteiger partial charge in [-0.05, 0) is 30.5 Å². The SMILES string of the molecule is CCC1CC1(C#N)Sc1cccc(Cl)c1. The first-order valence-corrected chi connectivity index (χ1v) is 6.25. The molecule has 0 N–H and O–H groups in total. The molecule has 0 spiro atoms. The van der Waals surface area contributed by atoms with Crippen LogP contribution in [-0.4, -0.2) is 4.75 Å². The Hall–Kier alpha value is -0.650. The van der Waals surface area contributed by atoms with E-state index < -0.39 is 0 Å². The number of nitriles is 1. The molecule has 2 rings (SSSR count). The van der Waals surface area contributed by atoms with Gasteiger partial charge in [-0.2, -0.15) is 5.26 Å². The normalized spacial score (nSPS) is 28.5. The Labute approximate surface area is 99.4 Å². The van der Waals surface area contributed by atoms with Crippen LogP contribution in [0.3, 0.4) is 0 Å². The standard InChI is InChI=1S/C12H12ClNS/c1-2-9-7-12(9,8-14)15-11-5-3-4-10(13)6-11/h3-6,9H,2,7H2,1H3. The summed E-state index contributed by atoms with van der Waals surface area (Å²) in [7, 11) is 0. The molecular weight excluding hydrogens is 226 g/mol. The van der Waals surface area contributed by atoms with Gasteiger partial charge in [-0.1, -0.05) is 31.0 Å². The van der Waals surface area contributed by atoms with Crippen molar-refractivity contribution in [2.75, 3.05) is 0 Å². The zero-order valence-electron chi connectivity index (χ0n) is 8.53. The van der Waals surface area contributed by atoms with Gasteiger partial charge in [-0.25, -0.2) is 0 Å². The number of thioether (sulfide) groups is 1. The summed E-state index contributed by atoms with van der Waals surface area (Å²) in [6.45, 7) is 2.14. The number of nitrogens with zero attached hydrogens (tertiary/aromatic N) is 1. The minimum atomic E-state index is -0.181. The van der Waals surface area contributed by atoms with E-state index in [0.29, 0.717) is 5.92 Å². The van der Waals surface area contributed by atoms with Crippen molar-refractivity contribution in [3.63, 3.8) is 0 Å². The van der Waals surface area contributed by atoms with Crippen LogP contribution in [0.15, 0.2) is 29.2 Å². The van der Waals surface area contributed by atoms with E-state index in [2.05, 4.69) is 13.0 Å². The molecule has 0 saturated heterocycles. The molecule has 0 aromatic heterocycles. The Kier molecular flexibility index (Phi) is 2.95. The molecule has 1 saturated carbocycles. The molecule has 0 amide bonds. The Balaban J connectivity index is 2.13. The van der Waals surface area contributed by atoms with Gasteiger partial charge in [0.1, 0.15) is 4.75 Å². The van der Waals surface area contributed by atoms with E-state index in [4.69, 9.17) is 11.6 Å². The average molecular weight is 238 g/mol. The Morgan fingerprint density at radius 3 is 3.00 bits per heavy atom. The summed E-state index contributed by atoms with van der Waals surface area (Å²) in [6.07, 6.45) is 2.10. The van der Waals surface area contributed by atoms with Gasteiger partial charge in [-0.3, -0.25) is 0 Å². The molecule has 1 fully saturated rings. The molecule has 78 valence electrons. The summed E-state index contributed by atoms with van der Waals surface area (Å²) in [4.78, 5) is 1.10. The van der Waals surface area contributed by atoms with Crippen LogP contribution in [0.2, 0.25) is 5.02 Å². The summed E-state index contributed by atoms with van der Waals surface area (Å²) >= 11 is 7.57. The lowest BCUT2D eigenvalue weighted by atomic mass is 10.3. The van der Waals surface area contributed by atoms with Crippen LogP contribution >= 0.6 is 23.4 Å². The fourth-order valence-electron chi connectivity index (χ4n) is 1.81. The van der Waals surface area contributed by atoms with Crippen molar-refractivity contribution >= 4 is 23.4 Å². The molecule has 3 heteroatoms. The van der Waals surface area contributed by atoms with Crippen molar-refractivity contribution in [2.45, 2.75) is 29.4 Å². The Morgan fingerprint density at radius 2 is 2.47 bits per heavy atom. The number of benzene rings is 1. The van der Waals surface area contributed by atoms with Crippen molar-refractivity contribution in [1.82, 2.24) is 0 Å². The van der Waals surface area contributed by atoms with Crippen LogP contribution in [0, 0.1) is 17.2 Å². The van der Waals surface area contributed by atoms with Gasteiger partial charge in [0.2, 0.25) is 0 Å². The van der Waals surface area contributed by atoms with Crippen molar-refractivity contribution in [2.24, 2.45) is 5.92 Å². The topological polar surface area (TPSA) is 23.8 Å². The minimum absolute atomic E-state index is 0.181. The monoisotopic (exact) mass is 237 g/mol. The van der Waals surface area contributed by atoms with E-state index in [1.165, 1.54) is 0 Å². The third-order valence-corrected chi connectivity index (χ3v) is 4.51. The lowest BCUT2D eigenvalue weighted by molar-refractivity contribution is 0.776. The van der Waals surface area contributed by atoms with Crippen molar-refractivity contribution in [3.05, 3.63) is 29.3 Å². The van der Waals surface area contributed by atoms with E-state index in [0.717, 1.165) is 22.8 Å². The molecule has 1 aromatic rings. The van der Waals surface area contributed by atoms with E-state index in [9.17, 15) is 5.26 Å². The Morgan fingerprint density at radius 1 is 1.67 bits per heavy atom. The van der Waals surface area contributed by atoms with Crippen molar-refractivity contribution in [1.29, 1.82) is 5.26 Å². The highest BCUT2D eigenvalue weighted by molar-refractivity contribution is 8.01. The molecule has 0 radical (unpaired) electrons. The summed E-state index contributed by atoms with van der Waals surface area (Å²) in [5.74, 6) is 0.548. The van der Waals surface area contributed by atoms with Crippen LogP contribution in [0.1, 0.15) is 19.8 Å². The summed E-state index contributed by atoms with van der Waals surface area (Å²) in [5.41, 5.74) is 0. The summed E-state index contributed by atoms with van der Waals surface area (Å²) in [6, 6.07) is 10.2. The van der Waals surface area contributed by atoms with Crippen LogP contribution in [0.4, 0.5) is 0 Å². The van der Waals surface area contributed by atoms with E-state index >= 15 is 0 Å². The summed E-state index contributed by atoms with van der Waals surface area (Å²) in [5, 5.41) is 9.92. The molecule has 0 aliphatic heterocycles. The highest BCUT2D eigenvalue weighted by atomic mass is 35.5. The second kappa shape index (κ2) is 4.08. The lowest BCUT2D eigenvalue weighted by Gasteiger charge is -2.07. The summed E-state index contributed by atoms with van der Waals surface area (Å²) < 4.78 is -0.181. The number of hydrogen-bond acceptors (Lipinski definition) is 2. The van der Waals surface area contributed by atoms with Crippen molar-refractivity contribution in [3.8, 4) is 6.07 Å². The molecule has 2 atom stereocenters. The molecule has 1 aliphatic carbocycles. The molecule has 0 heterocycles. The zero-order valence-corrected chi connectivity index (χ0v) is 10.1. The highest BCUT2D eigenvalue weighted by Gasteiger charge is 2.54. The fraction of sp³-hybridized carbons (Fsp3) is 0.417. The number of rotatable bonds is 3. The van der Waals surface area contributed by atoms with Gasteiger partial charge >= 0.3 is 0 Å². The van der Waals surface area contributed by atoms with Crippen LogP contribution < -0.4 is 0 Å². The quantitative estimate of drug-likeness (QED) is 0.790. The van der Waals surface area contributed by atoms with Crippen molar-refractivity contribution < 1.29 is 0 Å². The lowest BCUT2D eigenvalue weighted by Crippen LogP contribution is -2.02. The largest absolute Gasteiger partial charge is 0.197 e. The van der Waals surface area contributed by atoms with Gasteiger partial charge in [0.15, 0.2) is 0 Å². The maximum absolute atomic E-state index is 9.18.